The van der Waals surface area contributed by atoms with E-state index in [0.29, 0.717) is 5.56 Å². The Morgan fingerprint density at radius 3 is 2.80 bits per heavy atom. The predicted octanol–water partition coefficient (Wildman–Crippen LogP) is 2.23. The van der Waals surface area contributed by atoms with Crippen LogP contribution in [0.5, 0.6) is 11.5 Å². The summed E-state index contributed by atoms with van der Waals surface area (Å²) in [5, 5.41) is 9.41. The number of aromatic hydroxyl groups is 1. The van der Waals surface area contributed by atoms with Crippen molar-refractivity contribution in [3.63, 3.8) is 0 Å². The average Bonchev–Trinajstić information content (AvgIpc) is 2.22. The van der Waals surface area contributed by atoms with Crippen molar-refractivity contribution in [3.8, 4) is 11.5 Å². The van der Waals surface area contributed by atoms with Gasteiger partial charge in [0.1, 0.15) is 6.29 Å². The Kier molecular flexibility index (Phi) is 3.66. The summed E-state index contributed by atoms with van der Waals surface area (Å²) >= 11 is 0. The van der Waals surface area contributed by atoms with Crippen LogP contribution in [0.1, 0.15) is 24.8 Å². The molecule has 0 saturated heterocycles. The van der Waals surface area contributed by atoms with Gasteiger partial charge in [0, 0.05) is 6.42 Å². The number of carbonyl (C=O) groups is 1. The molecule has 3 nitrogen and oxygen atoms in total. The molecule has 1 aromatic carbocycles. The number of carbonyl (C=O) groups excluding carboxylic acids is 1. The van der Waals surface area contributed by atoms with Gasteiger partial charge in [0.2, 0.25) is 0 Å². The lowest BCUT2D eigenvalue weighted by molar-refractivity contribution is -0.108. The van der Waals surface area contributed by atoms with Gasteiger partial charge in [0.15, 0.2) is 17.3 Å². The SMILES string of the molecule is COc1ccc(C(C)CC=O)c(F)c1O. The summed E-state index contributed by atoms with van der Waals surface area (Å²) < 4.78 is 18.3. The zero-order valence-corrected chi connectivity index (χ0v) is 8.66. The van der Waals surface area contributed by atoms with E-state index in [4.69, 9.17) is 4.74 Å². The van der Waals surface area contributed by atoms with Crippen LogP contribution in [0.4, 0.5) is 4.39 Å². The molecule has 0 aromatic heterocycles. The van der Waals surface area contributed by atoms with E-state index in [-0.39, 0.29) is 18.1 Å². The summed E-state index contributed by atoms with van der Waals surface area (Å²) in [4.78, 5) is 10.3. The lowest BCUT2D eigenvalue weighted by atomic mass is 9.97. The zero-order chi connectivity index (χ0) is 11.4. The summed E-state index contributed by atoms with van der Waals surface area (Å²) in [6.07, 6.45) is 0.952. The number of rotatable bonds is 4. The van der Waals surface area contributed by atoms with Gasteiger partial charge in [-0.25, -0.2) is 4.39 Å². The minimum Gasteiger partial charge on any atom is -0.502 e. The van der Waals surface area contributed by atoms with Crippen LogP contribution in [-0.2, 0) is 4.79 Å². The number of hydrogen-bond acceptors (Lipinski definition) is 3. The smallest absolute Gasteiger partial charge is 0.194 e. The molecule has 0 radical (unpaired) electrons. The van der Waals surface area contributed by atoms with Crippen molar-refractivity contribution >= 4 is 6.29 Å². The van der Waals surface area contributed by atoms with Gasteiger partial charge in [-0.3, -0.25) is 0 Å². The molecule has 0 aliphatic carbocycles. The Morgan fingerprint density at radius 2 is 2.27 bits per heavy atom. The summed E-state index contributed by atoms with van der Waals surface area (Å²) in [7, 11) is 1.35. The molecule has 0 fully saturated rings. The fourth-order valence-corrected chi connectivity index (χ4v) is 1.38. The molecule has 0 aliphatic rings. The van der Waals surface area contributed by atoms with Crippen molar-refractivity contribution in [2.45, 2.75) is 19.3 Å². The van der Waals surface area contributed by atoms with Gasteiger partial charge in [0.05, 0.1) is 7.11 Å². The van der Waals surface area contributed by atoms with E-state index in [1.54, 1.807) is 6.92 Å². The van der Waals surface area contributed by atoms with Gasteiger partial charge < -0.3 is 14.6 Å². The fourth-order valence-electron chi connectivity index (χ4n) is 1.38. The van der Waals surface area contributed by atoms with Crippen LogP contribution < -0.4 is 4.74 Å². The normalized spacial score (nSPS) is 12.2. The highest BCUT2D eigenvalue weighted by Crippen LogP contribution is 2.34. The topological polar surface area (TPSA) is 46.5 Å². The molecule has 1 rings (SSSR count). The summed E-state index contributed by atoms with van der Waals surface area (Å²) in [5.41, 5.74) is 0.320. The van der Waals surface area contributed by atoms with Crippen molar-refractivity contribution in [3.05, 3.63) is 23.5 Å². The minimum atomic E-state index is -0.719. The molecule has 82 valence electrons. The summed E-state index contributed by atoms with van der Waals surface area (Å²) in [6, 6.07) is 3.00. The molecular formula is C11H13FO3. The highest BCUT2D eigenvalue weighted by atomic mass is 19.1. The van der Waals surface area contributed by atoms with Crippen LogP contribution in [0.15, 0.2) is 12.1 Å². The van der Waals surface area contributed by atoms with Gasteiger partial charge in [-0.2, -0.15) is 0 Å². The molecule has 0 amide bonds. The van der Waals surface area contributed by atoms with Crippen LogP contribution in [0.25, 0.3) is 0 Å². The van der Waals surface area contributed by atoms with Crippen molar-refractivity contribution < 1.29 is 19.0 Å². The number of phenolic OH excluding ortho intramolecular Hbond substituents is 1. The molecular weight excluding hydrogens is 199 g/mol. The number of halogens is 1. The molecule has 4 heteroatoms. The molecule has 1 aromatic rings. The van der Waals surface area contributed by atoms with Crippen LogP contribution in [0.3, 0.4) is 0 Å². The third-order valence-electron chi connectivity index (χ3n) is 2.31. The first kappa shape index (κ1) is 11.5. The van der Waals surface area contributed by atoms with Crippen LogP contribution in [0.2, 0.25) is 0 Å². The monoisotopic (exact) mass is 212 g/mol. The first-order valence-corrected chi connectivity index (χ1v) is 4.60. The number of methoxy groups -OCH3 is 1. The largest absolute Gasteiger partial charge is 0.502 e. The van der Waals surface area contributed by atoms with E-state index in [9.17, 15) is 14.3 Å². The van der Waals surface area contributed by atoms with E-state index in [2.05, 4.69) is 0 Å². The number of ether oxygens (including phenoxy) is 1. The standard InChI is InChI=1S/C11H13FO3/c1-7(5-6-13)8-3-4-9(15-2)11(14)10(8)12/h3-4,6-7,14H,5H2,1-2H3. The average molecular weight is 212 g/mol. The molecule has 1 atom stereocenters. The third kappa shape index (κ3) is 2.26. The molecule has 1 unspecified atom stereocenters. The first-order valence-electron chi connectivity index (χ1n) is 4.60. The predicted molar refractivity (Wildman–Crippen MR) is 53.7 cm³/mol. The highest BCUT2D eigenvalue weighted by Gasteiger charge is 2.17. The summed E-state index contributed by atoms with van der Waals surface area (Å²) in [6.45, 7) is 1.72. The van der Waals surface area contributed by atoms with Crippen LogP contribution in [-0.4, -0.2) is 18.5 Å². The molecule has 15 heavy (non-hydrogen) atoms. The maximum absolute atomic E-state index is 13.6. The molecule has 0 aliphatic heterocycles. The van der Waals surface area contributed by atoms with Gasteiger partial charge in [0.25, 0.3) is 0 Å². The Bertz CT molecular complexity index is 363. The number of phenols is 1. The second-order valence-corrected chi connectivity index (χ2v) is 3.32. The maximum atomic E-state index is 13.6. The van der Waals surface area contributed by atoms with E-state index in [1.807, 2.05) is 0 Å². The maximum Gasteiger partial charge on any atom is 0.194 e. The molecule has 0 spiro atoms. The molecule has 1 N–H and O–H groups in total. The first-order chi connectivity index (χ1) is 7.11. The highest BCUT2D eigenvalue weighted by molar-refractivity contribution is 5.53. The van der Waals surface area contributed by atoms with Gasteiger partial charge in [-0.15, -0.1) is 0 Å². The van der Waals surface area contributed by atoms with E-state index in [1.165, 1.54) is 19.2 Å². The Balaban J connectivity index is 3.11. The van der Waals surface area contributed by atoms with Crippen LogP contribution >= 0.6 is 0 Å². The number of benzene rings is 1. The lowest BCUT2D eigenvalue weighted by Crippen LogP contribution is -1.99. The molecule has 0 saturated carbocycles. The van der Waals surface area contributed by atoms with Crippen molar-refractivity contribution in [2.24, 2.45) is 0 Å². The van der Waals surface area contributed by atoms with Gasteiger partial charge in [-0.1, -0.05) is 13.0 Å². The van der Waals surface area contributed by atoms with Gasteiger partial charge in [-0.05, 0) is 17.5 Å². The third-order valence-corrected chi connectivity index (χ3v) is 2.31. The van der Waals surface area contributed by atoms with E-state index in [0.717, 1.165) is 6.29 Å². The lowest BCUT2D eigenvalue weighted by Gasteiger charge is -2.12. The van der Waals surface area contributed by atoms with Crippen LogP contribution in [0, 0.1) is 5.82 Å². The Hall–Kier alpha value is -1.58. The minimum absolute atomic E-state index is 0.0922. The quantitative estimate of drug-likeness (QED) is 0.778. The number of hydrogen-bond donors (Lipinski definition) is 1. The van der Waals surface area contributed by atoms with E-state index >= 15 is 0 Å². The second kappa shape index (κ2) is 4.77. The Morgan fingerprint density at radius 1 is 1.60 bits per heavy atom. The molecule has 0 heterocycles. The number of aldehydes is 1. The van der Waals surface area contributed by atoms with Crippen molar-refractivity contribution in [1.29, 1.82) is 0 Å². The summed E-state index contributed by atoms with van der Waals surface area (Å²) in [5.74, 6) is -1.38. The Labute approximate surface area is 87.5 Å². The van der Waals surface area contributed by atoms with Crippen molar-refractivity contribution in [2.75, 3.05) is 7.11 Å². The van der Waals surface area contributed by atoms with Gasteiger partial charge >= 0.3 is 0 Å². The fraction of sp³-hybridized carbons (Fsp3) is 0.364. The van der Waals surface area contributed by atoms with E-state index < -0.39 is 11.6 Å². The molecule has 0 bridgehead atoms. The second-order valence-electron chi connectivity index (χ2n) is 3.32. The van der Waals surface area contributed by atoms with Crippen molar-refractivity contribution in [1.82, 2.24) is 0 Å². The zero-order valence-electron chi connectivity index (χ0n) is 8.66.